The molecule has 0 spiro atoms. The lowest BCUT2D eigenvalue weighted by atomic mass is 10.1. The van der Waals surface area contributed by atoms with Gasteiger partial charge in [-0.1, -0.05) is 64.5 Å². The van der Waals surface area contributed by atoms with Gasteiger partial charge in [0.05, 0.1) is 6.61 Å². The molecule has 0 bridgehead atoms. The molecule has 2 nitrogen and oxygen atoms in total. The second-order valence-electron chi connectivity index (χ2n) is 5.48. The lowest BCUT2D eigenvalue weighted by Crippen LogP contribution is -2.13. The van der Waals surface area contributed by atoms with Crippen molar-refractivity contribution < 1.29 is 9.13 Å². The average molecular weight is 295 g/mol. The molecule has 120 valence electrons. The second kappa shape index (κ2) is 11.6. The molecular weight excluding hydrogens is 265 g/mol. The van der Waals surface area contributed by atoms with Crippen molar-refractivity contribution in [3.63, 3.8) is 0 Å². The van der Waals surface area contributed by atoms with Crippen molar-refractivity contribution in [3.05, 3.63) is 29.6 Å². The molecule has 21 heavy (non-hydrogen) atoms. The predicted molar refractivity (Wildman–Crippen MR) is 87.3 cm³/mol. The Hall–Kier alpha value is -1.09. The lowest BCUT2D eigenvalue weighted by Gasteiger charge is -2.12. The number of halogens is 1. The molecule has 0 amide bonds. The number of ether oxygens (including phenoxy) is 1. The molecule has 0 radical (unpaired) electrons. The van der Waals surface area contributed by atoms with Gasteiger partial charge in [-0.3, -0.25) is 0 Å². The Labute approximate surface area is 129 Å². The maximum absolute atomic E-state index is 13.8. The fourth-order valence-electron chi connectivity index (χ4n) is 2.35. The summed E-state index contributed by atoms with van der Waals surface area (Å²) in [4.78, 5) is 0. The molecule has 1 rings (SSSR count). The molecule has 0 atom stereocenters. The third-order valence-corrected chi connectivity index (χ3v) is 3.61. The number of hydrogen-bond donors (Lipinski definition) is 1. The van der Waals surface area contributed by atoms with Crippen LogP contribution in [0.5, 0.6) is 5.75 Å². The van der Waals surface area contributed by atoms with Gasteiger partial charge in [-0.05, 0) is 19.0 Å². The minimum Gasteiger partial charge on any atom is -0.490 e. The highest BCUT2D eigenvalue weighted by Gasteiger charge is 2.09. The van der Waals surface area contributed by atoms with Crippen LogP contribution in [0.4, 0.5) is 4.39 Å². The van der Waals surface area contributed by atoms with Crippen LogP contribution in [0.3, 0.4) is 0 Å². The zero-order valence-electron chi connectivity index (χ0n) is 13.6. The molecular formula is C18H30FNO. The average Bonchev–Trinajstić information content (AvgIpc) is 2.49. The van der Waals surface area contributed by atoms with Gasteiger partial charge >= 0.3 is 0 Å². The van der Waals surface area contributed by atoms with Gasteiger partial charge in [0.25, 0.3) is 0 Å². The van der Waals surface area contributed by atoms with Gasteiger partial charge < -0.3 is 10.1 Å². The van der Waals surface area contributed by atoms with Gasteiger partial charge in [0, 0.05) is 12.1 Å². The molecule has 3 heteroatoms. The fraction of sp³-hybridized carbons (Fsp3) is 0.667. The highest BCUT2D eigenvalue weighted by atomic mass is 19.1. The Morgan fingerprint density at radius 3 is 2.43 bits per heavy atom. The van der Waals surface area contributed by atoms with E-state index in [0.29, 0.717) is 18.9 Å². The van der Waals surface area contributed by atoms with Gasteiger partial charge in [-0.25, -0.2) is 4.39 Å². The number of nitrogens with one attached hydrogen (secondary N) is 1. The summed E-state index contributed by atoms with van der Waals surface area (Å²) in [5, 5.41) is 3.22. The maximum Gasteiger partial charge on any atom is 0.165 e. The number of unbranched alkanes of at least 4 members (excludes halogenated alkanes) is 6. The molecule has 0 aliphatic carbocycles. The van der Waals surface area contributed by atoms with Crippen molar-refractivity contribution in [1.82, 2.24) is 5.32 Å². The summed E-state index contributed by atoms with van der Waals surface area (Å²) in [5.41, 5.74) is 0.903. The van der Waals surface area contributed by atoms with Crippen molar-refractivity contribution in [3.8, 4) is 5.75 Å². The van der Waals surface area contributed by atoms with Crippen LogP contribution >= 0.6 is 0 Å². The first-order valence-electron chi connectivity index (χ1n) is 8.40. The quantitative estimate of drug-likeness (QED) is 0.544. The van der Waals surface area contributed by atoms with Crippen molar-refractivity contribution in [2.75, 3.05) is 13.2 Å². The molecule has 0 aliphatic rings. The topological polar surface area (TPSA) is 21.3 Å². The standard InChI is InChI=1S/C18H30FNO/c1-3-5-6-7-8-9-10-14-21-18-16(15-20-4-2)12-11-13-17(18)19/h11-13,20H,3-10,14-15H2,1-2H3. The first-order chi connectivity index (χ1) is 10.3. The molecule has 1 aromatic carbocycles. The third kappa shape index (κ3) is 7.47. The zero-order valence-corrected chi connectivity index (χ0v) is 13.6. The summed E-state index contributed by atoms with van der Waals surface area (Å²) in [6.07, 6.45) is 8.67. The first kappa shape index (κ1) is 18.0. The summed E-state index contributed by atoms with van der Waals surface area (Å²) in [6.45, 7) is 6.40. The zero-order chi connectivity index (χ0) is 15.3. The molecule has 0 aromatic heterocycles. The predicted octanol–water partition coefficient (Wildman–Crippen LogP) is 5.06. The lowest BCUT2D eigenvalue weighted by molar-refractivity contribution is 0.286. The van der Waals surface area contributed by atoms with Crippen molar-refractivity contribution in [2.24, 2.45) is 0 Å². The van der Waals surface area contributed by atoms with E-state index in [-0.39, 0.29) is 5.82 Å². The summed E-state index contributed by atoms with van der Waals surface area (Å²) >= 11 is 0. The van der Waals surface area contributed by atoms with Crippen LogP contribution in [-0.2, 0) is 6.54 Å². The van der Waals surface area contributed by atoms with Gasteiger partial charge in [-0.15, -0.1) is 0 Å². The van der Waals surface area contributed by atoms with Crippen LogP contribution < -0.4 is 10.1 Å². The van der Waals surface area contributed by atoms with E-state index in [2.05, 4.69) is 12.2 Å². The number of benzene rings is 1. The van der Waals surface area contributed by atoms with Crippen LogP contribution in [0.2, 0.25) is 0 Å². The summed E-state index contributed by atoms with van der Waals surface area (Å²) in [6, 6.07) is 5.13. The molecule has 0 aliphatic heterocycles. The molecule has 0 saturated carbocycles. The number of para-hydroxylation sites is 1. The third-order valence-electron chi connectivity index (χ3n) is 3.61. The largest absolute Gasteiger partial charge is 0.490 e. The molecule has 1 N–H and O–H groups in total. The van der Waals surface area contributed by atoms with E-state index in [1.54, 1.807) is 6.07 Å². The highest BCUT2D eigenvalue weighted by Crippen LogP contribution is 2.23. The maximum atomic E-state index is 13.8. The molecule has 0 heterocycles. The summed E-state index contributed by atoms with van der Waals surface area (Å²) in [5.74, 6) is 0.165. The van der Waals surface area contributed by atoms with Crippen molar-refractivity contribution in [1.29, 1.82) is 0 Å². The normalized spacial score (nSPS) is 10.8. The Morgan fingerprint density at radius 2 is 1.71 bits per heavy atom. The Morgan fingerprint density at radius 1 is 1.00 bits per heavy atom. The summed E-state index contributed by atoms with van der Waals surface area (Å²) < 4.78 is 19.5. The van der Waals surface area contributed by atoms with E-state index in [0.717, 1.165) is 18.5 Å². The highest BCUT2D eigenvalue weighted by molar-refractivity contribution is 5.34. The SMILES string of the molecule is CCCCCCCCCOc1c(F)cccc1CNCC. The molecule has 0 fully saturated rings. The van der Waals surface area contributed by atoms with Gasteiger partial charge in [0.1, 0.15) is 0 Å². The smallest absolute Gasteiger partial charge is 0.165 e. The Balaban J connectivity index is 2.27. The van der Waals surface area contributed by atoms with Crippen LogP contribution in [0.15, 0.2) is 18.2 Å². The van der Waals surface area contributed by atoms with Gasteiger partial charge in [-0.2, -0.15) is 0 Å². The molecule has 1 aromatic rings. The van der Waals surface area contributed by atoms with E-state index in [1.807, 2.05) is 13.0 Å². The van der Waals surface area contributed by atoms with Crippen molar-refractivity contribution >= 4 is 0 Å². The van der Waals surface area contributed by atoms with Gasteiger partial charge in [0.2, 0.25) is 0 Å². The van der Waals surface area contributed by atoms with Gasteiger partial charge in [0.15, 0.2) is 11.6 Å². The minimum absolute atomic E-state index is 0.256. The van der Waals surface area contributed by atoms with E-state index < -0.39 is 0 Å². The first-order valence-corrected chi connectivity index (χ1v) is 8.40. The molecule has 0 saturated heterocycles. The van der Waals surface area contributed by atoms with E-state index in [4.69, 9.17) is 4.74 Å². The van der Waals surface area contributed by atoms with E-state index >= 15 is 0 Å². The van der Waals surface area contributed by atoms with E-state index in [1.165, 1.54) is 44.6 Å². The number of rotatable bonds is 12. The Kier molecular flexibility index (Phi) is 9.88. The molecule has 0 unspecified atom stereocenters. The Bertz CT molecular complexity index is 381. The van der Waals surface area contributed by atoms with Crippen molar-refractivity contribution in [2.45, 2.75) is 65.3 Å². The van der Waals surface area contributed by atoms with E-state index in [9.17, 15) is 4.39 Å². The van der Waals surface area contributed by atoms with Crippen LogP contribution in [0.1, 0.15) is 64.4 Å². The van der Waals surface area contributed by atoms with Crippen LogP contribution in [0, 0.1) is 5.82 Å². The summed E-state index contributed by atoms with van der Waals surface area (Å²) in [7, 11) is 0. The minimum atomic E-state index is -0.256. The monoisotopic (exact) mass is 295 g/mol. The second-order valence-corrected chi connectivity index (χ2v) is 5.48. The fourth-order valence-corrected chi connectivity index (χ4v) is 2.35. The van der Waals surface area contributed by atoms with Crippen LogP contribution in [0.25, 0.3) is 0 Å². The van der Waals surface area contributed by atoms with Crippen LogP contribution in [-0.4, -0.2) is 13.2 Å². The number of hydrogen-bond acceptors (Lipinski definition) is 2.